The number of carbonyl (C=O) groups excluding carboxylic acids is 1. The fourth-order valence-electron chi connectivity index (χ4n) is 4.11. The van der Waals surface area contributed by atoms with E-state index in [1.54, 1.807) is 5.01 Å². The molecule has 2 unspecified atom stereocenters. The molecule has 0 saturated heterocycles. The average Bonchev–Trinajstić information content (AvgIpc) is 3.18. The van der Waals surface area contributed by atoms with E-state index in [4.69, 9.17) is 29.3 Å². The fourth-order valence-corrected chi connectivity index (χ4v) is 4.11. The molecule has 1 saturated carbocycles. The Kier molecular flexibility index (Phi) is 8.18. The predicted octanol–water partition coefficient (Wildman–Crippen LogP) is -0.396. The highest BCUT2D eigenvalue weighted by atomic mass is 35.7. The first-order chi connectivity index (χ1) is 15.8. The van der Waals surface area contributed by atoms with Crippen molar-refractivity contribution in [2.45, 2.75) is 25.3 Å². The lowest BCUT2D eigenvalue weighted by molar-refractivity contribution is -2.00. The highest BCUT2D eigenvalue weighted by molar-refractivity contribution is 6.08. The van der Waals surface area contributed by atoms with Crippen LogP contribution in [0.2, 0.25) is 0 Å². The first-order valence-electron chi connectivity index (χ1n) is 10.1. The van der Waals surface area contributed by atoms with Crippen LogP contribution in [0.3, 0.4) is 0 Å². The van der Waals surface area contributed by atoms with Crippen LogP contribution in [-0.2, 0) is 4.79 Å². The Morgan fingerprint density at radius 2 is 1.73 bits per heavy atom. The van der Waals surface area contributed by atoms with Crippen molar-refractivity contribution in [3.63, 3.8) is 0 Å². The molecule has 1 amide bonds. The molecular weight excluding hydrogens is 450 g/mol. The molecule has 0 aromatic heterocycles. The summed E-state index contributed by atoms with van der Waals surface area (Å²) < 4.78 is 34.0. The second-order valence-corrected chi connectivity index (χ2v) is 8.19. The molecule has 10 nitrogen and oxygen atoms in total. The second kappa shape index (κ2) is 11.1. The highest BCUT2D eigenvalue weighted by Gasteiger charge is 2.43. The molecule has 0 spiro atoms. The number of fused-ring (bicyclic) bond motifs is 1. The predicted molar refractivity (Wildman–Crippen MR) is 107 cm³/mol. The van der Waals surface area contributed by atoms with Crippen molar-refractivity contribution in [1.82, 2.24) is 9.92 Å². The van der Waals surface area contributed by atoms with E-state index < -0.39 is 10.2 Å². The van der Waals surface area contributed by atoms with Crippen molar-refractivity contribution in [2.75, 3.05) is 6.54 Å². The zero-order valence-corrected chi connectivity index (χ0v) is 18.3. The summed E-state index contributed by atoms with van der Waals surface area (Å²) in [4.78, 5) is 15.7. The van der Waals surface area contributed by atoms with Gasteiger partial charge in [-0.2, -0.15) is 5.10 Å². The molecule has 2 aromatic rings. The molecule has 1 fully saturated rings. The van der Waals surface area contributed by atoms with Crippen LogP contribution in [-0.4, -0.2) is 23.2 Å². The Morgan fingerprint density at radius 1 is 1.12 bits per heavy atom. The number of carbonyl (C=O) groups is 1. The van der Waals surface area contributed by atoms with Crippen molar-refractivity contribution in [2.24, 2.45) is 16.1 Å². The lowest BCUT2D eigenvalue weighted by Gasteiger charge is -2.29. The normalized spacial score (nSPS) is 20.8. The minimum atomic E-state index is -4.94. The number of amides is 1. The topological polar surface area (TPSA) is 175 Å². The van der Waals surface area contributed by atoms with Crippen LogP contribution in [0.5, 0.6) is 0 Å². The third-order valence-electron chi connectivity index (χ3n) is 5.32. The van der Waals surface area contributed by atoms with Crippen LogP contribution in [0.15, 0.2) is 76.5 Å². The lowest BCUT2D eigenvalue weighted by atomic mass is 9.77. The average molecular weight is 472 g/mol. The molecule has 1 heterocycles. The van der Waals surface area contributed by atoms with Gasteiger partial charge in [0.15, 0.2) is 0 Å². The smallest absolute Gasteiger partial charge is 0.270 e. The van der Waals surface area contributed by atoms with Gasteiger partial charge in [-0.05, 0) is 42.0 Å². The fraction of sp³-hybridized carbons (Fsp3) is 0.273. The van der Waals surface area contributed by atoms with E-state index in [-0.39, 0.29) is 24.4 Å². The summed E-state index contributed by atoms with van der Waals surface area (Å²) in [7, 11) is -4.94. The Labute approximate surface area is 192 Å². The van der Waals surface area contributed by atoms with E-state index in [0.29, 0.717) is 0 Å². The summed E-state index contributed by atoms with van der Waals surface area (Å²) in [5, 5.41) is 9.90. The molecule has 2 aliphatic rings. The standard InChI is InChI=1S/C22H22N5O.ClHO4/c23-26-24-15-20(28)27-22(17-10-5-2-6-11-17)19-13-7-12-18(21(19)25-27)14-16-8-3-1-4-9-16;2-1(3,4)5/h1-6,8-11,14,19,22-23H,7,12-13,15H2;(H,2,3,4,5)/q+1;/p-1/b18-14+;. The lowest BCUT2D eigenvalue weighted by Crippen LogP contribution is -2.68. The van der Waals surface area contributed by atoms with E-state index in [0.717, 1.165) is 36.1 Å². The van der Waals surface area contributed by atoms with Crippen LogP contribution in [0.1, 0.15) is 36.4 Å². The minimum absolute atomic E-state index is 0.135. The molecule has 0 bridgehead atoms. The van der Waals surface area contributed by atoms with Crippen LogP contribution >= 0.6 is 0 Å². The number of halogens is 1. The van der Waals surface area contributed by atoms with Gasteiger partial charge in [0.05, 0.1) is 11.8 Å². The van der Waals surface area contributed by atoms with Crippen molar-refractivity contribution < 1.29 is 33.7 Å². The molecular formula is C22H22ClN5O5. The molecule has 4 rings (SSSR count). The van der Waals surface area contributed by atoms with Crippen LogP contribution in [0, 0.1) is 21.7 Å². The number of allylic oxidation sites excluding steroid dienone is 1. The van der Waals surface area contributed by atoms with Gasteiger partial charge in [-0.3, -0.25) is 4.79 Å². The summed E-state index contributed by atoms with van der Waals surface area (Å²) in [6, 6.07) is 20.1. The molecule has 1 aliphatic heterocycles. The molecule has 33 heavy (non-hydrogen) atoms. The summed E-state index contributed by atoms with van der Waals surface area (Å²) in [5.41, 5.74) is 11.3. The molecule has 172 valence electrons. The van der Waals surface area contributed by atoms with Crippen LogP contribution in [0.4, 0.5) is 0 Å². The van der Waals surface area contributed by atoms with Crippen molar-refractivity contribution in [3.05, 3.63) is 77.4 Å². The number of hydrogen-bond donors (Lipinski definition) is 1. The van der Waals surface area contributed by atoms with E-state index in [2.05, 4.69) is 28.2 Å². The molecule has 2 aromatic carbocycles. The molecule has 2 atom stereocenters. The van der Waals surface area contributed by atoms with Gasteiger partial charge in [0.25, 0.3) is 5.91 Å². The number of hydrazone groups is 1. The molecule has 0 radical (unpaired) electrons. The Bertz CT molecular complexity index is 1060. The van der Waals surface area contributed by atoms with Gasteiger partial charge in [0.1, 0.15) is 10.6 Å². The van der Waals surface area contributed by atoms with E-state index in [1.807, 2.05) is 48.5 Å². The monoisotopic (exact) mass is 471 g/mol. The van der Waals surface area contributed by atoms with Crippen LogP contribution in [0.25, 0.3) is 6.08 Å². The SMILES string of the molecule is N=[N+]=NCC(=O)N1N=C2/C(=C/c3ccccc3)CCCC2C1c1ccccc1.[O-][Cl+3]([O-])([O-])[O-]. The Hall–Kier alpha value is -3.24. The maximum atomic E-state index is 12.8. The van der Waals surface area contributed by atoms with Gasteiger partial charge in [-0.1, -0.05) is 60.7 Å². The first kappa shape index (κ1) is 24.4. The number of benzene rings is 2. The highest BCUT2D eigenvalue weighted by Crippen LogP contribution is 2.44. The van der Waals surface area contributed by atoms with E-state index in [1.165, 1.54) is 5.57 Å². The zero-order valence-electron chi connectivity index (χ0n) is 17.5. The first-order valence-corrected chi connectivity index (χ1v) is 11.4. The van der Waals surface area contributed by atoms with Gasteiger partial charge in [0, 0.05) is 5.92 Å². The van der Waals surface area contributed by atoms with Gasteiger partial charge in [0.2, 0.25) is 11.5 Å². The summed E-state index contributed by atoms with van der Waals surface area (Å²) in [5.74, 6) is -0.0613. The van der Waals surface area contributed by atoms with E-state index >= 15 is 0 Å². The molecule has 11 heteroatoms. The summed E-state index contributed by atoms with van der Waals surface area (Å²) in [6.45, 7) is -0.159. The van der Waals surface area contributed by atoms with Crippen molar-refractivity contribution in [3.8, 4) is 0 Å². The number of nitrogens with one attached hydrogen (secondary N) is 1. The quantitative estimate of drug-likeness (QED) is 0.470. The minimum Gasteiger partial charge on any atom is -0.270 e. The van der Waals surface area contributed by atoms with E-state index in [9.17, 15) is 4.79 Å². The maximum Gasteiger partial charge on any atom is 0.272 e. The van der Waals surface area contributed by atoms with Crippen molar-refractivity contribution >= 4 is 17.7 Å². The summed E-state index contributed by atoms with van der Waals surface area (Å²) >= 11 is 0. The number of nitrogens with zero attached hydrogens (tertiary/aromatic N) is 4. The largest absolute Gasteiger partial charge is 0.272 e. The number of rotatable bonds is 4. The van der Waals surface area contributed by atoms with Gasteiger partial charge in [-0.25, -0.2) is 23.6 Å². The molecule has 1 aliphatic carbocycles. The maximum absolute atomic E-state index is 12.8. The Balaban J connectivity index is 0.000000555. The Morgan fingerprint density at radius 3 is 2.33 bits per heavy atom. The number of hydrogen-bond acceptors (Lipinski definition) is 8. The van der Waals surface area contributed by atoms with Gasteiger partial charge in [-0.15, -0.1) is 10.2 Å². The van der Waals surface area contributed by atoms with Crippen molar-refractivity contribution in [1.29, 1.82) is 5.53 Å². The third-order valence-corrected chi connectivity index (χ3v) is 5.32. The molecule has 1 N–H and O–H groups in total. The summed E-state index contributed by atoms with van der Waals surface area (Å²) in [6.07, 6.45) is 5.21. The van der Waals surface area contributed by atoms with Gasteiger partial charge >= 0.3 is 0 Å². The third kappa shape index (κ3) is 6.87. The second-order valence-electron chi connectivity index (χ2n) is 7.44. The van der Waals surface area contributed by atoms with Gasteiger partial charge < -0.3 is 0 Å². The van der Waals surface area contributed by atoms with Crippen LogP contribution < -0.4 is 23.5 Å². The zero-order chi connectivity index (χ0) is 23.8.